The Balaban J connectivity index is 1.49. The smallest absolute Gasteiger partial charge is 0.255 e. The number of fused-ring (bicyclic) bond motifs is 1. The quantitative estimate of drug-likeness (QED) is 0.528. The van der Waals surface area contributed by atoms with Gasteiger partial charge < -0.3 is 9.47 Å². The van der Waals surface area contributed by atoms with E-state index in [1.165, 1.54) is 6.33 Å². The normalized spacial score (nSPS) is 15.0. The predicted molar refractivity (Wildman–Crippen MR) is 115 cm³/mol. The molecule has 8 nitrogen and oxygen atoms in total. The topological polar surface area (TPSA) is 96.8 Å². The fraction of sp³-hybridized carbons (Fsp3) is 0.200. The molecule has 0 radical (unpaired) electrons. The van der Waals surface area contributed by atoms with Crippen LogP contribution in [0.2, 0.25) is 5.02 Å². The fourth-order valence-electron chi connectivity index (χ4n) is 3.57. The van der Waals surface area contributed by atoms with Gasteiger partial charge in [0, 0.05) is 69.4 Å². The number of halogens is 1. The summed E-state index contributed by atoms with van der Waals surface area (Å²) in [5.74, 6) is 1.60. The Morgan fingerprint density at radius 1 is 1.13 bits per heavy atom. The third-order valence-electron chi connectivity index (χ3n) is 5.09. The predicted octanol–water partition coefficient (Wildman–Crippen LogP) is 2.67. The number of benzene rings is 1. The first-order chi connectivity index (χ1) is 14.6. The minimum Gasteiger partial charge on any atom is -0.337 e. The molecule has 0 bridgehead atoms. The highest BCUT2D eigenvalue weighted by atomic mass is 35.5. The summed E-state index contributed by atoms with van der Waals surface area (Å²) in [4.78, 5) is 23.3. The summed E-state index contributed by atoms with van der Waals surface area (Å²) in [5.41, 5.74) is 2.89. The molecular weight excluding hydrogens is 424 g/mol. The SMILES string of the molecule is O=C(c1cnc2c(ccn2-c2cc(Cl)cc(-c3ncn[nH]3)c2)c1)N1CCS(=O)CC1. The van der Waals surface area contributed by atoms with Gasteiger partial charge in [0.15, 0.2) is 5.82 Å². The maximum Gasteiger partial charge on any atom is 0.255 e. The minimum atomic E-state index is -0.823. The van der Waals surface area contributed by atoms with Crippen LogP contribution < -0.4 is 0 Å². The summed E-state index contributed by atoms with van der Waals surface area (Å²) in [6.45, 7) is 1.02. The van der Waals surface area contributed by atoms with Crippen LogP contribution in [0.25, 0.3) is 28.1 Å². The number of pyridine rings is 1. The van der Waals surface area contributed by atoms with Gasteiger partial charge in [-0.3, -0.25) is 14.1 Å². The third kappa shape index (κ3) is 3.50. The van der Waals surface area contributed by atoms with E-state index in [9.17, 15) is 9.00 Å². The van der Waals surface area contributed by atoms with Gasteiger partial charge in [-0.2, -0.15) is 5.10 Å². The number of hydrogen-bond donors (Lipinski definition) is 1. The Bertz CT molecular complexity index is 1260. The molecule has 3 aromatic heterocycles. The van der Waals surface area contributed by atoms with Gasteiger partial charge in [-0.15, -0.1) is 0 Å². The number of nitrogens with one attached hydrogen (secondary N) is 1. The zero-order valence-electron chi connectivity index (χ0n) is 15.8. The van der Waals surface area contributed by atoms with Crippen LogP contribution in [0.3, 0.4) is 0 Å². The van der Waals surface area contributed by atoms with E-state index in [2.05, 4.69) is 20.2 Å². The van der Waals surface area contributed by atoms with E-state index < -0.39 is 10.8 Å². The number of H-pyrrole nitrogens is 1. The molecule has 10 heteroatoms. The highest BCUT2D eigenvalue weighted by Crippen LogP contribution is 2.27. The molecule has 1 fully saturated rings. The average Bonchev–Trinajstić information content (AvgIpc) is 3.43. The van der Waals surface area contributed by atoms with Crippen LogP contribution in [-0.4, -0.2) is 64.3 Å². The van der Waals surface area contributed by atoms with Gasteiger partial charge in [0.25, 0.3) is 5.91 Å². The lowest BCUT2D eigenvalue weighted by Gasteiger charge is -2.26. The zero-order chi connectivity index (χ0) is 20.7. The van der Waals surface area contributed by atoms with Crippen LogP contribution in [0.15, 0.2) is 49.1 Å². The molecule has 1 aliphatic heterocycles. The van der Waals surface area contributed by atoms with Crippen LogP contribution in [0.1, 0.15) is 10.4 Å². The molecule has 0 spiro atoms. The van der Waals surface area contributed by atoms with Crippen molar-refractivity contribution in [2.45, 2.75) is 0 Å². The van der Waals surface area contributed by atoms with Crippen molar-refractivity contribution in [1.82, 2.24) is 29.6 Å². The van der Waals surface area contributed by atoms with E-state index >= 15 is 0 Å². The van der Waals surface area contributed by atoms with Crippen molar-refractivity contribution in [3.8, 4) is 17.1 Å². The molecule has 0 saturated carbocycles. The number of aromatic nitrogens is 5. The van der Waals surface area contributed by atoms with Gasteiger partial charge in [0.05, 0.1) is 5.56 Å². The second-order valence-electron chi connectivity index (χ2n) is 7.00. The van der Waals surface area contributed by atoms with Crippen LogP contribution in [-0.2, 0) is 10.8 Å². The summed E-state index contributed by atoms with van der Waals surface area (Å²) in [7, 11) is -0.823. The largest absolute Gasteiger partial charge is 0.337 e. The first-order valence-corrected chi connectivity index (χ1v) is 11.2. The lowest BCUT2D eigenvalue weighted by Crippen LogP contribution is -2.41. The van der Waals surface area contributed by atoms with Crippen LogP contribution >= 0.6 is 11.6 Å². The molecule has 4 heterocycles. The maximum absolute atomic E-state index is 12.8. The third-order valence-corrected chi connectivity index (χ3v) is 6.58. The second-order valence-corrected chi connectivity index (χ2v) is 9.13. The Hall–Kier alpha value is -3.04. The van der Waals surface area contributed by atoms with Gasteiger partial charge in [0.2, 0.25) is 0 Å². The van der Waals surface area contributed by atoms with Crippen LogP contribution in [0.4, 0.5) is 0 Å². The Morgan fingerprint density at radius 3 is 2.73 bits per heavy atom. The maximum atomic E-state index is 12.8. The number of carbonyl (C=O) groups is 1. The summed E-state index contributed by atoms with van der Waals surface area (Å²) >= 11 is 6.33. The number of amides is 1. The van der Waals surface area contributed by atoms with E-state index in [4.69, 9.17) is 11.6 Å². The molecule has 1 aliphatic rings. The number of rotatable bonds is 3. The molecule has 1 aromatic carbocycles. The van der Waals surface area contributed by atoms with E-state index in [0.717, 1.165) is 22.3 Å². The molecular formula is C20H17ClN6O2S. The first kappa shape index (κ1) is 19.0. The molecule has 1 amide bonds. The highest BCUT2D eigenvalue weighted by molar-refractivity contribution is 7.85. The zero-order valence-corrected chi connectivity index (χ0v) is 17.4. The van der Waals surface area contributed by atoms with Crippen LogP contribution in [0, 0.1) is 0 Å². The number of hydrogen-bond acceptors (Lipinski definition) is 5. The van der Waals surface area contributed by atoms with E-state index in [1.54, 1.807) is 11.1 Å². The Kier molecular flexibility index (Phi) is 4.84. The van der Waals surface area contributed by atoms with Gasteiger partial charge in [-0.25, -0.2) is 9.97 Å². The number of aromatic amines is 1. The Labute approximate surface area is 179 Å². The molecule has 30 heavy (non-hydrogen) atoms. The average molecular weight is 441 g/mol. The molecule has 0 aliphatic carbocycles. The minimum absolute atomic E-state index is 0.0794. The lowest BCUT2D eigenvalue weighted by molar-refractivity contribution is 0.0771. The molecule has 1 saturated heterocycles. The molecule has 0 atom stereocenters. The summed E-state index contributed by atoms with van der Waals surface area (Å²) < 4.78 is 13.5. The standard InChI is InChI=1S/C20H17ClN6O2S/c21-16-8-14(18-23-12-24-25-18)9-17(10-16)27-2-1-13-7-15(11-22-19(13)27)20(28)26-3-5-30(29)6-4-26/h1-2,7-12H,3-6H2,(H,23,24,25). The van der Waals surface area contributed by atoms with Crippen molar-refractivity contribution in [3.63, 3.8) is 0 Å². The van der Waals surface area contributed by atoms with E-state index in [1.807, 2.05) is 41.1 Å². The molecule has 0 unspecified atom stereocenters. The van der Waals surface area contributed by atoms with Crippen LogP contribution in [0.5, 0.6) is 0 Å². The molecule has 152 valence electrons. The monoisotopic (exact) mass is 440 g/mol. The van der Waals surface area contributed by atoms with E-state index in [0.29, 0.717) is 41.0 Å². The van der Waals surface area contributed by atoms with Gasteiger partial charge in [-0.1, -0.05) is 11.6 Å². The fourth-order valence-corrected chi connectivity index (χ4v) is 4.85. The summed E-state index contributed by atoms with van der Waals surface area (Å²) in [6, 6.07) is 9.36. The number of carbonyl (C=O) groups excluding carboxylic acids is 1. The van der Waals surface area contributed by atoms with Crippen molar-refractivity contribution in [3.05, 3.63) is 59.6 Å². The van der Waals surface area contributed by atoms with Crippen molar-refractivity contribution < 1.29 is 9.00 Å². The van der Waals surface area contributed by atoms with Crippen molar-refractivity contribution in [2.24, 2.45) is 0 Å². The summed E-state index contributed by atoms with van der Waals surface area (Å²) in [6.07, 6.45) is 4.93. The molecule has 5 rings (SSSR count). The van der Waals surface area contributed by atoms with Crippen molar-refractivity contribution in [2.75, 3.05) is 24.6 Å². The first-order valence-electron chi connectivity index (χ1n) is 9.36. The van der Waals surface area contributed by atoms with Gasteiger partial charge in [0.1, 0.15) is 12.0 Å². The summed E-state index contributed by atoms with van der Waals surface area (Å²) in [5, 5.41) is 8.14. The van der Waals surface area contributed by atoms with Gasteiger partial charge in [-0.05, 0) is 30.3 Å². The van der Waals surface area contributed by atoms with E-state index in [-0.39, 0.29) is 5.91 Å². The number of nitrogens with zero attached hydrogens (tertiary/aromatic N) is 5. The molecule has 4 aromatic rings. The molecule has 1 N–H and O–H groups in total. The van der Waals surface area contributed by atoms with Crippen molar-refractivity contribution >= 4 is 39.3 Å². The Morgan fingerprint density at radius 2 is 1.97 bits per heavy atom. The lowest BCUT2D eigenvalue weighted by atomic mass is 10.2. The second kappa shape index (κ2) is 7.66. The van der Waals surface area contributed by atoms with Gasteiger partial charge >= 0.3 is 0 Å². The van der Waals surface area contributed by atoms with Crippen molar-refractivity contribution in [1.29, 1.82) is 0 Å². The highest BCUT2D eigenvalue weighted by Gasteiger charge is 2.22.